The first-order chi connectivity index (χ1) is 12.1. The van der Waals surface area contributed by atoms with E-state index in [0.29, 0.717) is 11.3 Å². The van der Waals surface area contributed by atoms with Crippen molar-refractivity contribution in [3.05, 3.63) is 70.7 Å². The third-order valence-corrected chi connectivity index (χ3v) is 5.24. The van der Waals surface area contributed by atoms with E-state index in [1.54, 1.807) is 24.3 Å². The molecule has 0 radical (unpaired) electrons. The Kier molecular flexibility index (Phi) is 3.82. The van der Waals surface area contributed by atoms with E-state index in [1.165, 1.54) is 11.3 Å². The highest BCUT2D eigenvalue weighted by atomic mass is 32.1. The molecule has 0 aliphatic rings. The van der Waals surface area contributed by atoms with Crippen LogP contribution in [0.4, 0.5) is 0 Å². The zero-order valence-electron chi connectivity index (χ0n) is 13.8. The Morgan fingerprint density at radius 2 is 1.84 bits per heavy atom. The molecule has 0 saturated heterocycles. The molecule has 0 saturated carbocycles. The number of para-hydroxylation sites is 2. The lowest BCUT2D eigenvalue weighted by Gasteiger charge is -2.01. The highest BCUT2D eigenvalue weighted by Crippen LogP contribution is 2.28. The summed E-state index contributed by atoms with van der Waals surface area (Å²) in [6.07, 6.45) is 0. The second-order valence-electron chi connectivity index (χ2n) is 5.66. The summed E-state index contributed by atoms with van der Waals surface area (Å²) in [4.78, 5) is 23.6. The average molecular weight is 349 g/mol. The van der Waals surface area contributed by atoms with E-state index in [2.05, 4.69) is 14.5 Å². The lowest BCUT2D eigenvalue weighted by Crippen LogP contribution is -2.04. The average Bonchev–Trinajstić information content (AvgIpc) is 3.17. The summed E-state index contributed by atoms with van der Waals surface area (Å²) in [7, 11) is 0. The molecule has 124 valence electrons. The van der Waals surface area contributed by atoms with Gasteiger partial charge in [-0.3, -0.25) is 4.40 Å². The van der Waals surface area contributed by atoms with Gasteiger partial charge in [0.25, 0.3) is 0 Å². The van der Waals surface area contributed by atoms with Crippen LogP contribution in [-0.2, 0) is 4.84 Å². The molecule has 2 aromatic carbocycles. The lowest BCUT2D eigenvalue weighted by molar-refractivity contribution is 0.0516. The van der Waals surface area contributed by atoms with Crippen LogP contribution < -0.4 is 0 Å². The standard InChI is InChI=1S/C19H15N3O2S/c1-12(21-24-18(23)14-8-4-3-5-9-14)17-13(2)22-16-11-7-6-10-15(16)20-19(22)25-17/h3-11H,1-2H3. The Morgan fingerprint density at radius 1 is 1.12 bits per heavy atom. The van der Waals surface area contributed by atoms with Crippen LogP contribution in [0.1, 0.15) is 27.9 Å². The molecule has 25 heavy (non-hydrogen) atoms. The van der Waals surface area contributed by atoms with Gasteiger partial charge in [0.15, 0.2) is 4.96 Å². The Bertz CT molecular complexity index is 1110. The molecule has 4 aromatic rings. The fourth-order valence-electron chi connectivity index (χ4n) is 2.78. The molecule has 4 rings (SSSR count). The molecule has 2 aromatic heterocycles. The second-order valence-corrected chi connectivity index (χ2v) is 6.63. The number of fused-ring (bicyclic) bond motifs is 3. The first kappa shape index (κ1) is 15.5. The minimum absolute atomic E-state index is 0.468. The number of rotatable bonds is 3. The van der Waals surface area contributed by atoms with Crippen molar-refractivity contribution in [2.24, 2.45) is 5.16 Å². The number of benzene rings is 2. The van der Waals surface area contributed by atoms with Crippen molar-refractivity contribution in [3.63, 3.8) is 0 Å². The highest BCUT2D eigenvalue weighted by Gasteiger charge is 2.16. The molecular formula is C19H15N3O2S. The van der Waals surface area contributed by atoms with Gasteiger partial charge in [0, 0.05) is 5.69 Å². The van der Waals surface area contributed by atoms with Crippen molar-refractivity contribution in [1.82, 2.24) is 9.38 Å². The van der Waals surface area contributed by atoms with Gasteiger partial charge in [-0.15, -0.1) is 0 Å². The van der Waals surface area contributed by atoms with E-state index in [4.69, 9.17) is 4.84 Å². The van der Waals surface area contributed by atoms with Crippen molar-refractivity contribution in [2.45, 2.75) is 13.8 Å². The number of imidazole rings is 1. The van der Waals surface area contributed by atoms with Crippen molar-refractivity contribution < 1.29 is 9.63 Å². The molecule has 0 N–H and O–H groups in total. The number of aryl methyl sites for hydroxylation is 1. The summed E-state index contributed by atoms with van der Waals surface area (Å²) in [5.41, 5.74) is 4.19. The fourth-order valence-corrected chi connectivity index (χ4v) is 3.85. The molecular weight excluding hydrogens is 334 g/mol. The van der Waals surface area contributed by atoms with Crippen LogP contribution in [0.15, 0.2) is 59.8 Å². The number of hydrogen-bond acceptors (Lipinski definition) is 5. The monoisotopic (exact) mass is 349 g/mol. The number of nitrogens with zero attached hydrogens (tertiary/aromatic N) is 3. The summed E-state index contributed by atoms with van der Waals surface area (Å²) in [6, 6.07) is 16.8. The molecule has 0 amide bonds. The van der Waals surface area contributed by atoms with Gasteiger partial charge in [-0.1, -0.05) is 46.8 Å². The summed E-state index contributed by atoms with van der Waals surface area (Å²) in [5.74, 6) is -0.468. The lowest BCUT2D eigenvalue weighted by atomic mass is 10.2. The maximum atomic E-state index is 12.0. The van der Waals surface area contributed by atoms with Gasteiger partial charge < -0.3 is 4.84 Å². The van der Waals surface area contributed by atoms with Crippen LogP contribution >= 0.6 is 11.3 Å². The predicted octanol–water partition coefficient (Wildman–Crippen LogP) is 4.44. The smallest absolute Gasteiger partial charge is 0.313 e. The Hall–Kier alpha value is -2.99. The molecule has 0 bridgehead atoms. The third kappa shape index (κ3) is 2.70. The maximum Gasteiger partial charge on any atom is 0.365 e. The van der Waals surface area contributed by atoms with Gasteiger partial charge in [-0.25, -0.2) is 9.78 Å². The van der Waals surface area contributed by atoms with Crippen LogP contribution in [0.5, 0.6) is 0 Å². The van der Waals surface area contributed by atoms with Gasteiger partial charge in [0.05, 0.1) is 27.2 Å². The minimum atomic E-state index is -0.468. The van der Waals surface area contributed by atoms with E-state index in [9.17, 15) is 4.79 Å². The molecule has 0 spiro atoms. The number of carbonyl (C=O) groups excluding carboxylic acids is 1. The van der Waals surface area contributed by atoms with Gasteiger partial charge >= 0.3 is 5.97 Å². The van der Waals surface area contributed by atoms with Crippen LogP contribution in [-0.4, -0.2) is 21.1 Å². The predicted molar refractivity (Wildman–Crippen MR) is 99.4 cm³/mol. The van der Waals surface area contributed by atoms with Gasteiger partial charge in [0.2, 0.25) is 0 Å². The maximum absolute atomic E-state index is 12.0. The number of carbonyl (C=O) groups is 1. The van der Waals surface area contributed by atoms with Crippen molar-refractivity contribution in [3.8, 4) is 0 Å². The zero-order valence-corrected chi connectivity index (χ0v) is 14.6. The zero-order chi connectivity index (χ0) is 17.4. The van der Waals surface area contributed by atoms with E-state index >= 15 is 0 Å². The van der Waals surface area contributed by atoms with E-state index in [0.717, 1.165) is 26.6 Å². The molecule has 5 nitrogen and oxygen atoms in total. The fraction of sp³-hybridized carbons (Fsp3) is 0.105. The molecule has 0 fully saturated rings. The van der Waals surface area contributed by atoms with E-state index in [-0.39, 0.29) is 0 Å². The van der Waals surface area contributed by atoms with Crippen LogP contribution in [0, 0.1) is 6.92 Å². The number of hydrogen-bond donors (Lipinski definition) is 0. The van der Waals surface area contributed by atoms with E-state index in [1.807, 2.05) is 44.2 Å². The summed E-state index contributed by atoms with van der Waals surface area (Å²) in [6.45, 7) is 3.85. The number of aromatic nitrogens is 2. The SMILES string of the molecule is CC(=NOC(=O)c1ccccc1)c1sc2nc3ccccc3n2c1C. The molecule has 0 atom stereocenters. The second kappa shape index (κ2) is 6.14. The minimum Gasteiger partial charge on any atom is -0.313 e. The molecule has 6 heteroatoms. The Morgan fingerprint density at radius 3 is 2.64 bits per heavy atom. The largest absolute Gasteiger partial charge is 0.365 e. The molecule has 0 unspecified atom stereocenters. The molecule has 0 aliphatic heterocycles. The van der Waals surface area contributed by atoms with Crippen LogP contribution in [0.3, 0.4) is 0 Å². The van der Waals surface area contributed by atoms with Gasteiger partial charge in [0.1, 0.15) is 0 Å². The van der Waals surface area contributed by atoms with E-state index < -0.39 is 5.97 Å². The summed E-state index contributed by atoms with van der Waals surface area (Å²) in [5, 5.41) is 4.02. The first-order valence-electron chi connectivity index (χ1n) is 7.83. The molecule has 0 aliphatic carbocycles. The van der Waals surface area contributed by atoms with Crippen LogP contribution in [0.25, 0.3) is 16.0 Å². The molecule has 2 heterocycles. The summed E-state index contributed by atoms with van der Waals surface area (Å²) < 4.78 is 2.10. The first-order valence-corrected chi connectivity index (χ1v) is 8.65. The number of thiazole rings is 1. The Balaban J connectivity index is 1.67. The Labute approximate surface area is 148 Å². The van der Waals surface area contributed by atoms with Gasteiger partial charge in [-0.2, -0.15) is 0 Å². The third-order valence-electron chi connectivity index (χ3n) is 3.99. The van der Waals surface area contributed by atoms with Crippen molar-refractivity contribution >= 4 is 39.0 Å². The van der Waals surface area contributed by atoms with Gasteiger partial charge in [-0.05, 0) is 38.1 Å². The topological polar surface area (TPSA) is 56.0 Å². The summed E-state index contributed by atoms with van der Waals surface area (Å²) >= 11 is 1.53. The number of oxime groups is 1. The normalized spacial score (nSPS) is 12.0. The van der Waals surface area contributed by atoms with Crippen molar-refractivity contribution in [1.29, 1.82) is 0 Å². The quantitative estimate of drug-likeness (QED) is 0.312. The van der Waals surface area contributed by atoms with Crippen molar-refractivity contribution in [2.75, 3.05) is 0 Å². The van der Waals surface area contributed by atoms with Crippen LogP contribution in [0.2, 0.25) is 0 Å². The highest BCUT2D eigenvalue weighted by molar-refractivity contribution is 7.19.